The van der Waals surface area contributed by atoms with Crippen molar-refractivity contribution in [2.75, 3.05) is 13.6 Å². The monoisotopic (exact) mass is 292 g/mol. The van der Waals surface area contributed by atoms with Gasteiger partial charge in [0.25, 0.3) is 0 Å². The molecule has 2 rings (SSSR count). The minimum absolute atomic E-state index is 0.0920. The molecule has 0 heterocycles. The van der Waals surface area contributed by atoms with Crippen LogP contribution in [0.25, 0.3) is 0 Å². The molecule has 4 heteroatoms. The highest BCUT2D eigenvalue weighted by Gasteiger charge is 2.14. The number of hydrogen-bond donors (Lipinski definition) is 1. The van der Waals surface area contributed by atoms with Gasteiger partial charge < -0.3 is 10.2 Å². The maximum Gasteiger partial charge on any atom is 0.317 e. The van der Waals surface area contributed by atoms with Crippen LogP contribution in [0.1, 0.15) is 44.1 Å². The average Bonchev–Trinajstić information content (AvgIpc) is 2.96. The van der Waals surface area contributed by atoms with Crippen molar-refractivity contribution in [2.45, 2.75) is 45.1 Å². The molecule has 2 amide bonds. The Balaban J connectivity index is 1.65. The summed E-state index contributed by atoms with van der Waals surface area (Å²) in [4.78, 5) is 13.5. The molecule has 1 aromatic carbocycles. The number of rotatable bonds is 6. The maximum atomic E-state index is 13.1. The first-order valence-corrected chi connectivity index (χ1v) is 7.88. The Morgan fingerprint density at radius 3 is 2.86 bits per heavy atom. The molecule has 3 nitrogen and oxygen atoms in total. The molecule has 1 aliphatic rings. The van der Waals surface area contributed by atoms with Gasteiger partial charge >= 0.3 is 6.03 Å². The van der Waals surface area contributed by atoms with Crippen LogP contribution in [0.4, 0.5) is 9.18 Å². The first-order valence-electron chi connectivity index (χ1n) is 7.88. The van der Waals surface area contributed by atoms with Gasteiger partial charge in [-0.1, -0.05) is 37.8 Å². The van der Waals surface area contributed by atoms with Gasteiger partial charge in [-0.15, -0.1) is 0 Å². The second-order valence-electron chi connectivity index (χ2n) is 6.01. The third-order valence-corrected chi connectivity index (χ3v) is 4.20. The van der Waals surface area contributed by atoms with E-state index in [4.69, 9.17) is 0 Å². The number of amides is 2. The summed E-state index contributed by atoms with van der Waals surface area (Å²) in [7, 11) is 1.73. The smallest absolute Gasteiger partial charge is 0.317 e. The summed E-state index contributed by atoms with van der Waals surface area (Å²) in [6.07, 6.45) is 7.71. The molecule has 0 aliphatic heterocycles. The minimum Gasteiger partial charge on any atom is -0.338 e. The lowest BCUT2D eigenvalue weighted by molar-refractivity contribution is 0.206. The molecule has 0 atom stereocenters. The number of nitrogens with one attached hydrogen (secondary N) is 1. The summed E-state index contributed by atoms with van der Waals surface area (Å²) in [6, 6.07) is 6.27. The molecule has 0 aromatic heterocycles. The Bertz CT molecular complexity index is 458. The summed E-state index contributed by atoms with van der Waals surface area (Å²) in [5.41, 5.74) is 0.804. The predicted octanol–water partition coefficient (Wildman–Crippen LogP) is 3.94. The first-order chi connectivity index (χ1) is 10.1. The molecule has 0 unspecified atom stereocenters. The SMILES string of the molecule is CN(Cc1cccc(F)c1)C(=O)NCCCC1CCCC1. The molecule has 0 saturated heterocycles. The Hall–Kier alpha value is -1.58. The van der Waals surface area contributed by atoms with E-state index in [-0.39, 0.29) is 11.8 Å². The number of benzene rings is 1. The molecule has 1 aromatic rings. The Kier molecular flexibility index (Phi) is 6.03. The normalized spacial score (nSPS) is 15.1. The zero-order chi connectivity index (χ0) is 15.1. The van der Waals surface area contributed by atoms with Gasteiger partial charge in [-0.2, -0.15) is 0 Å². The second kappa shape index (κ2) is 8.01. The molecule has 21 heavy (non-hydrogen) atoms. The number of halogens is 1. The highest BCUT2D eigenvalue weighted by Crippen LogP contribution is 2.28. The van der Waals surface area contributed by atoms with Crippen LogP contribution >= 0.6 is 0 Å². The third kappa shape index (κ3) is 5.37. The van der Waals surface area contributed by atoms with E-state index < -0.39 is 0 Å². The van der Waals surface area contributed by atoms with Crippen molar-refractivity contribution < 1.29 is 9.18 Å². The zero-order valence-corrected chi connectivity index (χ0v) is 12.8. The fourth-order valence-electron chi connectivity index (χ4n) is 3.00. The summed E-state index contributed by atoms with van der Waals surface area (Å²) in [6.45, 7) is 1.15. The molecular formula is C17H25FN2O. The lowest BCUT2D eigenvalue weighted by Crippen LogP contribution is -2.37. The molecule has 0 bridgehead atoms. The van der Waals surface area contributed by atoms with Crippen molar-refractivity contribution in [2.24, 2.45) is 5.92 Å². The lowest BCUT2D eigenvalue weighted by Gasteiger charge is -2.18. The van der Waals surface area contributed by atoms with E-state index in [0.717, 1.165) is 24.4 Å². The molecule has 1 saturated carbocycles. The van der Waals surface area contributed by atoms with Gasteiger partial charge in [0.1, 0.15) is 5.82 Å². The predicted molar refractivity (Wildman–Crippen MR) is 82.5 cm³/mol. The summed E-state index contributed by atoms with van der Waals surface area (Å²) in [5, 5.41) is 2.93. The first kappa shape index (κ1) is 15.8. The van der Waals surface area contributed by atoms with Crippen molar-refractivity contribution in [1.29, 1.82) is 0 Å². The van der Waals surface area contributed by atoms with Gasteiger partial charge in [-0.25, -0.2) is 9.18 Å². The lowest BCUT2D eigenvalue weighted by atomic mass is 10.0. The minimum atomic E-state index is -0.266. The summed E-state index contributed by atoms with van der Waals surface area (Å²) >= 11 is 0. The Morgan fingerprint density at radius 2 is 2.14 bits per heavy atom. The number of carbonyl (C=O) groups excluding carboxylic acids is 1. The van der Waals surface area contributed by atoms with Crippen LogP contribution < -0.4 is 5.32 Å². The zero-order valence-electron chi connectivity index (χ0n) is 12.8. The van der Waals surface area contributed by atoms with Crippen molar-refractivity contribution in [3.63, 3.8) is 0 Å². The van der Waals surface area contributed by atoms with Gasteiger partial charge in [0.05, 0.1) is 0 Å². The summed E-state index contributed by atoms with van der Waals surface area (Å²) in [5.74, 6) is 0.602. The van der Waals surface area contributed by atoms with Crippen molar-refractivity contribution in [3.05, 3.63) is 35.6 Å². The highest BCUT2D eigenvalue weighted by atomic mass is 19.1. The molecule has 0 spiro atoms. The van der Waals surface area contributed by atoms with Crippen LogP contribution in [0.3, 0.4) is 0 Å². The largest absolute Gasteiger partial charge is 0.338 e. The standard InChI is InChI=1S/C17H25FN2O/c1-20(13-15-8-4-10-16(18)12-15)17(21)19-11-5-9-14-6-2-3-7-14/h4,8,10,12,14H,2-3,5-7,9,11,13H2,1H3,(H,19,21). The van der Waals surface area contributed by atoms with Gasteiger partial charge in [0.15, 0.2) is 0 Å². The van der Waals surface area contributed by atoms with Crippen LogP contribution in [0.15, 0.2) is 24.3 Å². The van der Waals surface area contributed by atoms with E-state index in [0.29, 0.717) is 6.54 Å². The van der Waals surface area contributed by atoms with E-state index >= 15 is 0 Å². The molecular weight excluding hydrogens is 267 g/mol. The number of urea groups is 1. The second-order valence-corrected chi connectivity index (χ2v) is 6.01. The summed E-state index contributed by atoms with van der Waals surface area (Å²) < 4.78 is 13.1. The van der Waals surface area contributed by atoms with Gasteiger partial charge in [-0.05, 0) is 36.5 Å². The molecule has 1 aliphatic carbocycles. The van der Waals surface area contributed by atoms with E-state index in [2.05, 4.69) is 5.32 Å². The van der Waals surface area contributed by atoms with E-state index in [1.807, 2.05) is 6.07 Å². The van der Waals surface area contributed by atoms with Crippen molar-refractivity contribution >= 4 is 6.03 Å². The maximum absolute atomic E-state index is 13.1. The van der Waals surface area contributed by atoms with E-state index in [9.17, 15) is 9.18 Å². The topological polar surface area (TPSA) is 32.3 Å². The van der Waals surface area contributed by atoms with Crippen LogP contribution in [0.2, 0.25) is 0 Å². The Morgan fingerprint density at radius 1 is 1.38 bits per heavy atom. The van der Waals surface area contributed by atoms with Crippen molar-refractivity contribution in [1.82, 2.24) is 10.2 Å². The molecule has 116 valence electrons. The van der Waals surface area contributed by atoms with E-state index in [1.54, 1.807) is 18.0 Å². The number of nitrogens with zero attached hydrogens (tertiary/aromatic N) is 1. The third-order valence-electron chi connectivity index (χ3n) is 4.20. The van der Waals surface area contributed by atoms with Crippen LogP contribution in [0, 0.1) is 11.7 Å². The quantitative estimate of drug-likeness (QED) is 0.791. The van der Waals surface area contributed by atoms with Gasteiger partial charge in [0, 0.05) is 20.1 Å². The average molecular weight is 292 g/mol. The van der Waals surface area contributed by atoms with Crippen LogP contribution in [-0.2, 0) is 6.54 Å². The molecule has 1 fully saturated rings. The molecule has 0 radical (unpaired) electrons. The Labute approximate surface area is 126 Å². The van der Waals surface area contributed by atoms with Crippen LogP contribution in [0.5, 0.6) is 0 Å². The fourth-order valence-corrected chi connectivity index (χ4v) is 3.00. The fraction of sp³-hybridized carbons (Fsp3) is 0.588. The van der Waals surface area contributed by atoms with Gasteiger partial charge in [0.2, 0.25) is 0 Å². The number of hydrogen-bond acceptors (Lipinski definition) is 1. The number of carbonyl (C=O) groups is 1. The highest BCUT2D eigenvalue weighted by molar-refractivity contribution is 5.73. The molecule has 1 N–H and O–H groups in total. The van der Waals surface area contributed by atoms with Crippen LogP contribution in [-0.4, -0.2) is 24.5 Å². The van der Waals surface area contributed by atoms with Gasteiger partial charge in [-0.3, -0.25) is 0 Å². The van der Waals surface area contributed by atoms with E-state index in [1.165, 1.54) is 44.2 Å². The van der Waals surface area contributed by atoms with Crippen molar-refractivity contribution in [3.8, 4) is 0 Å².